The first-order valence-corrected chi connectivity index (χ1v) is 5.96. The van der Waals surface area contributed by atoms with E-state index in [9.17, 15) is 4.79 Å². The highest BCUT2D eigenvalue weighted by Gasteiger charge is 2.21. The summed E-state index contributed by atoms with van der Waals surface area (Å²) in [6.07, 6.45) is 6.93. The molecule has 0 radical (unpaired) electrons. The van der Waals surface area contributed by atoms with E-state index in [4.69, 9.17) is 5.11 Å². The van der Waals surface area contributed by atoms with Gasteiger partial charge in [0.2, 0.25) is 5.95 Å². The molecule has 5 heteroatoms. The molecule has 1 N–H and O–H groups in total. The first-order chi connectivity index (χ1) is 8.33. The van der Waals surface area contributed by atoms with Crippen LogP contribution in [0.5, 0.6) is 0 Å². The number of aliphatic hydroxyl groups excluding tert-OH is 1. The average molecular weight is 235 g/mol. The molecule has 1 aliphatic heterocycles. The van der Waals surface area contributed by atoms with E-state index >= 15 is 0 Å². The largest absolute Gasteiger partial charge is 0.396 e. The Morgan fingerprint density at radius 1 is 1.47 bits per heavy atom. The molecule has 0 bridgehead atoms. The normalized spacial score (nSPS) is 20.3. The molecule has 1 fully saturated rings. The van der Waals surface area contributed by atoms with Crippen LogP contribution in [0.25, 0.3) is 0 Å². The summed E-state index contributed by atoms with van der Waals surface area (Å²) in [7, 11) is 0. The number of hydrogen-bond acceptors (Lipinski definition) is 5. The number of aliphatic hydroxyl groups is 1. The van der Waals surface area contributed by atoms with Gasteiger partial charge in [-0.15, -0.1) is 0 Å². The minimum atomic E-state index is 0.240. The second-order valence-electron chi connectivity index (χ2n) is 4.40. The first-order valence-electron chi connectivity index (χ1n) is 5.96. The van der Waals surface area contributed by atoms with E-state index in [-0.39, 0.29) is 6.61 Å². The fraction of sp³-hybridized carbons (Fsp3) is 0.583. The lowest BCUT2D eigenvalue weighted by molar-refractivity contribution is 0.112. The van der Waals surface area contributed by atoms with Crippen molar-refractivity contribution in [2.45, 2.75) is 19.3 Å². The Labute approximate surface area is 100 Å². The van der Waals surface area contributed by atoms with Crippen molar-refractivity contribution in [3.63, 3.8) is 0 Å². The van der Waals surface area contributed by atoms with Crippen LogP contribution in [0.3, 0.4) is 0 Å². The lowest BCUT2D eigenvalue weighted by atomic mass is 9.95. The van der Waals surface area contributed by atoms with Crippen molar-refractivity contribution >= 4 is 12.2 Å². The fourth-order valence-corrected chi connectivity index (χ4v) is 2.22. The zero-order chi connectivity index (χ0) is 12.1. The van der Waals surface area contributed by atoms with Gasteiger partial charge < -0.3 is 10.0 Å². The van der Waals surface area contributed by atoms with Gasteiger partial charge >= 0.3 is 0 Å². The van der Waals surface area contributed by atoms with E-state index < -0.39 is 0 Å². The highest BCUT2D eigenvalue weighted by molar-refractivity contribution is 5.73. The SMILES string of the molecule is O=Cc1cnc(N2CCCC(CCO)C2)nc1. The third-order valence-electron chi connectivity index (χ3n) is 3.13. The second kappa shape index (κ2) is 5.72. The van der Waals surface area contributed by atoms with E-state index in [1.807, 2.05) is 0 Å². The molecular formula is C12H17N3O2. The van der Waals surface area contributed by atoms with Crippen molar-refractivity contribution in [2.24, 2.45) is 5.92 Å². The zero-order valence-electron chi connectivity index (χ0n) is 9.75. The van der Waals surface area contributed by atoms with E-state index in [0.717, 1.165) is 38.6 Å². The quantitative estimate of drug-likeness (QED) is 0.785. The van der Waals surface area contributed by atoms with Gasteiger partial charge in [-0.05, 0) is 25.2 Å². The number of aromatic nitrogens is 2. The summed E-state index contributed by atoms with van der Waals surface area (Å²) >= 11 is 0. The van der Waals surface area contributed by atoms with Gasteiger partial charge in [-0.25, -0.2) is 9.97 Å². The summed E-state index contributed by atoms with van der Waals surface area (Å²) in [5.74, 6) is 1.20. The number of carbonyl (C=O) groups is 1. The predicted octanol–water partition coefficient (Wildman–Crippen LogP) is 0.888. The van der Waals surface area contributed by atoms with Crippen LogP contribution in [0.15, 0.2) is 12.4 Å². The molecule has 0 spiro atoms. The van der Waals surface area contributed by atoms with Gasteiger partial charge in [0.05, 0.1) is 5.56 Å². The maximum absolute atomic E-state index is 10.5. The molecule has 1 aromatic rings. The Bertz CT molecular complexity index is 365. The molecule has 0 aliphatic carbocycles. The number of piperidine rings is 1. The second-order valence-corrected chi connectivity index (χ2v) is 4.40. The van der Waals surface area contributed by atoms with Gasteiger partial charge in [0.1, 0.15) is 0 Å². The summed E-state index contributed by atoms with van der Waals surface area (Å²) in [5.41, 5.74) is 0.498. The summed E-state index contributed by atoms with van der Waals surface area (Å²) < 4.78 is 0. The first kappa shape index (κ1) is 12.0. The van der Waals surface area contributed by atoms with Crippen LogP contribution in [-0.4, -0.2) is 41.1 Å². The number of anilines is 1. The summed E-state index contributed by atoms with van der Waals surface area (Å²) in [6, 6.07) is 0. The summed E-state index contributed by atoms with van der Waals surface area (Å²) in [4.78, 5) is 21.0. The van der Waals surface area contributed by atoms with Gasteiger partial charge in [-0.1, -0.05) is 0 Å². The van der Waals surface area contributed by atoms with Crippen LogP contribution in [0.2, 0.25) is 0 Å². The molecule has 5 nitrogen and oxygen atoms in total. The van der Waals surface area contributed by atoms with Crippen LogP contribution < -0.4 is 4.90 Å². The van der Waals surface area contributed by atoms with Crippen molar-refractivity contribution in [3.05, 3.63) is 18.0 Å². The number of hydrogen-bond donors (Lipinski definition) is 1. The molecular weight excluding hydrogens is 218 g/mol. The van der Waals surface area contributed by atoms with Crippen molar-refractivity contribution in [1.29, 1.82) is 0 Å². The van der Waals surface area contributed by atoms with Crippen molar-refractivity contribution in [1.82, 2.24) is 9.97 Å². The maximum atomic E-state index is 10.5. The maximum Gasteiger partial charge on any atom is 0.225 e. The van der Waals surface area contributed by atoms with E-state index in [2.05, 4.69) is 14.9 Å². The average Bonchev–Trinajstić information content (AvgIpc) is 2.40. The fourth-order valence-electron chi connectivity index (χ4n) is 2.22. The smallest absolute Gasteiger partial charge is 0.225 e. The molecule has 1 atom stereocenters. The van der Waals surface area contributed by atoms with Crippen LogP contribution >= 0.6 is 0 Å². The molecule has 1 aliphatic rings. The number of rotatable bonds is 4. The van der Waals surface area contributed by atoms with Gasteiger partial charge in [0, 0.05) is 32.1 Å². The molecule has 2 heterocycles. The lowest BCUT2D eigenvalue weighted by Gasteiger charge is -2.32. The van der Waals surface area contributed by atoms with E-state index in [1.165, 1.54) is 0 Å². The topological polar surface area (TPSA) is 66.3 Å². The van der Waals surface area contributed by atoms with Crippen LogP contribution in [-0.2, 0) is 0 Å². The van der Waals surface area contributed by atoms with Crippen LogP contribution in [0.1, 0.15) is 29.6 Å². The number of aldehydes is 1. The van der Waals surface area contributed by atoms with E-state index in [1.54, 1.807) is 12.4 Å². The zero-order valence-corrected chi connectivity index (χ0v) is 9.75. The molecule has 17 heavy (non-hydrogen) atoms. The summed E-state index contributed by atoms with van der Waals surface area (Å²) in [5, 5.41) is 8.96. The lowest BCUT2D eigenvalue weighted by Crippen LogP contribution is -2.36. The molecule has 1 saturated heterocycles. The van der Waals surface area contributed by atoms with Crippen molar-refractivity contribution in [2.75, 3.05) is 24.6 Å². The number of carbonyl (C=O) groups excluding carboxylic acids is 1. The standard InChI is InChI=1S/C12H17N3O2/c16-5-3-10-2-1-4-15(8-10)12-13-6-11(9-17)7-14-12/h6-7,9-10,16H,1-5,8H2. The van der Waals surface area contributed by atoms with Crippen molar-refractivity contribution in [3.8, 4) is 0 Å². The Hall–Kier alpha value is -1.49. The Morgan fingerprint density at radius 2 is 2.24 bits per heavy atom. The Balaban J connectivity index is 2.02. The van der Waals surface area contributed by atoms with Gasteiger partial charge in [0.25, 0.3) is 0 Å². The van der Waals surface area contributed by atoms with Crippen LogP contribution in [0, 0.1) is 5.92 Å². The van der Waals surface area contributed by atoms with Crippen molar-refractivity contribution < 1.29 is 9.90 Å². The monoisotopic (exact) mass is 235 g/mol. The molecule has 0 amide bonds. The Kier molecular flexibility index (Phi) is 4.03. The Morgan fingerprint density at radius 3 is 2.88 bits per heavy atom. The molecule has 92 valence electrons. The predicted molar refractivity (Wildman–Crippen MR) is 64.1 cm³/mol. The number of nitrogens with zero attached hydrogens (tertiary/aromatic N) is 3. The van der Waals surface area contributed by atoms with Gasteiger partial charge in [0.15, 0.2) is 6.29 Å². The molecule has 1 aromatic heterocycles. The third kappa shape index (κ3) is 3.00. The molecule has 1 unspecified atom stereocenters. The van der Waals surface area contributed by atoms with Gasteiger partial charge in [-0.3, -0.25) is 4.79 Å². The summed E-state index contributed by atoms with van der Waals surface area (Å²) in [6.45, 7) is 2.08. The minimum Gasteiger partial charge on any atom is -0.396 e. The molecule has 2 rings (SSSR count). The van der Waals surface area contributed by atoms with Crippen LogP contribution in [0.4, 0.5) is 5.95 Å². The third-order valence-corrected chi connectivity index (χ3v) is 3.13. The van der Waals surface area contributed by atoms with E-state index in [0.29, 0.717) is 17.4 Å². The highest BCUT2D eigenvalue weighted by atomic mass is 16.3. The highest BCUT2D eigenvalue weighted by Crippen LogP contribution is 2.22. The minimum absolute atomic E-state index is 0.240. The van der Waals surface area contributed by atoms with Gasteiger partial charge in [-0.2, -0.15) is 0 Å². The molecule has 0 saturated carbocycles. The molecule has 0 aromatic carbocycles.